The highest BCUT2D eigenvalue weighted by Crippen LogP contribution is 2.24. The summed E-state index contributed by atoms with van der Waals surface area (Å²) in [7, 11) is -2.34. The number of aromatic nitrogens is 1. The van der Waals surface area contributed by atoms with Crippen LogP contribution in [0.15, 0.2) is 34.7 Å². The molecular formula is C17H21N3O5S3. The molecular weight excluding hydrogens is 422 g/mol. The van der Waals surface area contributed by atoms with E-state index in [0.29, 0.717) is 13.1 Å². The van der Waals surface area contributed by atoms with Gasteiger partial charge in [0, 0.05) is 35.7 Å². The third-order valence-corrected chi connectivity index (χ3v) is 8.10. The van der Waals surface area contributed by atoms with Gasteiger partial charge in [0.2, 0.25) is 10.0 Å². The Morgan fingerprint density at radius 2 is 2.11 bits per heavy atom. The smallest absolute Gasteiger partial charge is 0.307 e. The van der Waals surface area contributed by atoms with Crippen molar-refractivity contribution in [2.75, 3.05) is 31.7 Å². The zero-order chi connectivity index (χ0) is 20.1. The van der Waals surface area contributed by atoms with Crippen molar-refractivity contribution in [3.05, 3.63) is 40.3 Å². The van der Waals surface area contributed by atoms with Crippen molar-refractivity contribution in [1.29, 1.82) is 0 Å². The molecule has 1 unspecified atom stereocenters. The van der Waals surface area contributed by atoms with E-state index in [1.807, 2.05) is 17.5 Å². The Labute approximate surface area is 171 Å². The molecule has 0 spiro atoms. The molecule has 2 aromatic heterocycles. The van der Waals surface area contributed by atoms with Gasteiger partial charge in [-0.15, -0.1) is 11.3 Å². The number of ether oxygens (including phenoxy) is 1. The minimum atomic E-state index is -3.63. The van der Waals surface area contributed by atoms with Crippen LogP contribution in [0.2, 0.25) is 0 Å². The molecule has 152 valence electrons. The second kappa shape index (κ2) is 9.12. The summed E-state index contributed by atoms with van der Waals surface area (Å²) in [4.78, 5) is 27.9. The number of hydrogen-bond acceptors (Lipinski definition) is 7. The number of sulfonamides is 1. The average Bonchev–Trinajstić information content (AvgIpc) is 3.40. The number of nitrogens with zero attached hydrogens (tertiary/aromatic N) is 1. The minimum Gasteiger partial charge on any atom is -0.469 e. The largest absolute Gasteiger partial charge is 0.469 e. The molecule has 0 aliphatic carbocycles. The van der Waals surface area contributed by atoms with Crippen molar-refractivity contribution < 1.29 is 22.7 Å². The number of esters is 1. The maximum absolute atomic E-state index is 12.7. The van der Waals surface area contributed by atoms with Gasteiger partial charge in [0.25, 0.3) is 5.91 Å². The Morgan fingerprint density at radius 3 is 2.75 bits per heavy atom. The Balaban J connectivity index is 1.74. The number of nitrogens with one attached hydrogen (secondary N) is 2. The molecule has 8 nitrogen and oxygen atoms in total. The molecule has 3 rings (SSSR count). The number of thiophene rings is 1. The highest BCUT2D eigenvalue weighted by molar-refractivity contribution is 7.99. The molecule has 1 saturated heterocycles. The number of aromatic amines is 1. The molecule has 28 heavy (non-hydrogen) atoms. The molecule has 1 fully saturated rings. The van der Waals surface area contributed by atoms with Crippen molar-refractivity contribution in [2.24, 2.45) is 0 Å². The monoisotopic (exact) mass is 443 g/mol. The highest BCUT2D eigenvalue weighted by atomic mass is 32.2. The number of H-pyrrole nitrogens is 1. The van der Waals surface area contributed by atoms with Crippen LogP contribution in [-0.2, 0) is 19.6 Å². The van der Waals surface area contributed by atoms with Gasteiger partial charge in [0.15, 0.2) is 0 Å². The van der Waals surface area contributed by atoms with Gasteiger partial charge in [-0.3, -0.25) is 9.59 Å². The molecule has 2 N–H and O–H groups in total. The Hall–Kier alpha value is -1.82. The number of carbonyl (C=O) groups excluding carboxylic acids is 2. The first-order valence-corrected chi connectivity index (χ1v) is 12.1. The van der Waals surface area contributed by atoms with E-state index < -0.39 is 27.9 Å². The summed E-state index contributed by atoms with van der Waals surface area (Å²) in [5.74, 6) is 0.578. The molecule has 11 heteroatoms. The second-order valence-corrected chi connectivity index (χ2v) is 10.2. The van der Waals surface area contributed by atoms with Crippen LogP contribution in [-0.4, -0.2) is 61.3 Å². The van der Waals surface area contributed by atoms with E-state index in [9.17, 15) is 18.0 Å². The van der Waals surface area contributed by atoms with Crippen LogP contribution in [0.5, 0.6) is 0 Å². The normalized spacial score (nSPS) is 16.5. The molecule has 0 saturated carbocycles. The molecule has 1 aliphatic heterocycles. The Kier molecular flexibility index (Phi) is 6.81. The van der Waals surface area contributed by atoms with E-state index in [4.69, 9.17) is 4.74 Å². The zero-order valence-electron chi connectivity index (χ0n) is 15.2. The van der Waals surface area contributed by atoms with Gasteiger partial charge < -0.3 is 15.0 Å². The predicted molar refractivity (Wildman–Crippen MR) is 108 cm³/mol. The van der Waals surface area contributed by atoms with E-state index in [2.05, 4.69) is 10.3 Å². The molecule has 0 aromatic carbocycles. The van der Waals surface area contributed by atoms with Gasteiger partial charge in [0.1, 0.15) is 10.6 Å². The highest BCUT2D eigenvalue weighted by Gasteiger charge is 2.28. The lowest BCUT2D eigenvalue weighted by molar-refractivity contribution is -0.141. The van der Waals surface area contributed by atoms with E-state index >= 15 is 0 Å². The van der Waals surface area contributed by atoms with Gasteiger partial charge >= 0.3 is 5.97 Å². The lowest BCUT2D eigenvalue weighted by atomic mass is 10.1. The zero-order valence-corrected chi connectivity index (χ0v) is 17.7. The van der Waals surface area contributed by atoms with Crippen LogP contribution >= 0.6 is 23.1 Å². The van der Waals surface area contributed by atoms with Crippen LogP contribution in [0.4, 0.5) is 0 Å². The van der Waals surface area contributed by atoms with E-state index in [1.165, 1.54) is 35.0 Å². The molecule has 1 atom stereocenters. The van der Waals surface area contributed by atoms with Crippen molar-refractivity contribution in [3.63, 3.8) is 0 Å². The topological polar surface area (TPSA) is 109 Å². The van der Waals surface area contributed by atoms with Gasteiger partial charge in [-0.1, -0.05) is 6.07 Å². The number of thioether (sulfide) groups is 1. The maximum atomic E-state index is 12.7. The van der Waals surface area contributed by atoms with E-state index in [1.54, 1.807) is 11.8 Å². The summed E-state index contributed by atoms with van der Waals surface area (Å²) in [5, 5.41) is 4.62. The first kappa shape index (κ1) is 20.9. The third kappa shape index (κ3) is 4.77. The minimum absolute atomic E-state index is 0.0138. The van der Waals surface area contributed by atoms with Gasteiger partial charge in [0.05, 0.1) is 19.6 Å². The van der Waals surface area contributed by atoms with Crippen molar-refractivity contribution >= 4 is 45.0 Å². The van der Waals surface area contributed by atoms with E-state index in [0.717, 1.165) is 16.4 Å². The Bertz CT molecular complexity index is 918. The Morgan fingerprint density at radius 1 is 1.36 bits per heavy atom. The quantitative estimate of drug-likeness (QED) is 0.632. The molecule has 1 amide bonds. The second-order valence-electron chi connectivity index (χ2n) is 6.09. The number of carbonyl (C=O) groups is 2. The summed E-state index contributed by atoms with van der Waals surface area (Å²) in [5.41, 5.74) is 0.122. The fourth-order valence-corrected chi connectivity index (χ4v) is 6.14. The van der Waals surface area contributed by atoms with Crippen LogP contribution in [0.1, 0.15) is 27.8 Å². The van der Waals surface area contributed by atoms with Crippen molar-refractivity contribution in [1.82, 2.24) is 14.6 Å². The van der Waals surface area contributed by atoms with Crippen LogP contribution in [0, 0.1) is 0 Å². The van der Waals surface area contributed by atoms with Crippen LogP contribution < -0.4 is 5.32 Å². The number of amides is 1. The average molecular weight is 444 g/mol. The van der Waals surface area contributed by atoms with Gasteiger partial charge in [-0.05, 0) is 17.5 Å². The predicted octanol–water partition coefficient (Wildman–Crippen LogP) is 1.85. The number of rotatable bonds is 7. The molecule has 2 aromatic rings. The first-order chi connectivity index (χ1) is 13.4. The fourth-order valence-electron chi connectivity index (χ4n) is 2.79. The first-order valence-electron chi connectivity index (χ1n) is 8.59. The maximum Gasteiger partial charge on any atom is 0.307 e. The summed E-state index contributed by atoms with van der Waals surface area (Å²) in [6.07, 6.45) is 1.31. The third-order valence-electron chi connectivity index (χ3n) is 4.30. The van der Waals surface area contributed by atoms with Crippen LogP contribution in [0.3, 0.4) is 0 Å². The summed E-state index contributed by atoms with van der Waals surface area (Å²) in [6, 6.07) is 4.42. The summed E-state index contributed by atoms with van der Waals surface area (Å²) in [6.45, 7) is 0.915. The molecule has 3 heterocycles. The fraction of sp³-hybridized carbons (Fsp3) is 0.412. The van der Waals surface area contributed by atoms with Gasteiger partial charge in [-0.2, -0.15) is 16.1 Å². The number of methoxy groups -OCH3 is 1. The molecule has 1 aliphatic rings. The molecule has 0 bridgehead atoms. The van der Waals surface area contributed by atoms with Crippen molar-refractivity contribution in [2.45, 2.75) is 17.4 Å². The number of hydrogen-bond donors (Lipinski definition) is 2. The standard InChI is InChI=1S/C17H21N3O5S3/c1-25-16(21)10-13(15-3-2-6-27-15)19-17(22)14-9-12(11-18-14)28(23,24)20-4-7-26-8-5-20/h2-3,6,9,11,13,18H,4-5,7-8,10H2,1H3,(H,19,22). The lowest BCUT2D eigenvalue weighted by Crippen LogP contribution is -2.37. The SMILES string of the molecule is COC(=O)CC(NC(=O)c1cc(S(=O)(=O)N2CCSCC2)c[nH]1)c1cccs1. The molecule has 0 radical (unpaired) electrons. The van der Waals surface area contributed by atoms with Gasteiger partial charge in [-0.25, -0.2) is 8.42 Å². The van der Waals surface area contributed by atoms with E-state index in [-0.39, 0.29) is 17.0 Å². The summed E-state index contributed by atoms with van der Waals surface area (Å²) < 4.78 is 31.6. The van der Waals surface area contributed by atoms with Crippen LogP contribution in [0.25, 0.3) is 0 Å². The van der Waals surface area contributed by atoms with Crippen molar-refractivity contribution in [3.8, 4) is 0 Å². The summed E-state index contributed by atoms with van der Waals surface area (Å²) >= 11 is 3.13. The lowest BCUT2D eigenvalue weighted by Gasteiger charge is -2.24.